The van der Waals surface area contributed by atoms with Crippen molar-refractivity contribution in [2.75, 3.05) is 5.73 Å². The number of nitrogens with zero attached hydrogens (tertiary/aromatic N) is 2. The lowest BCUT2D eigenvalue weighted by Crippen LogP contribution is -2.10. The van der Waals surface area contributed by atoms with Gasteiger partial charge in [-0.05, 0) is 24.3 Å². The van der Waals surface area contributed by atoms with Gasteiger partial charge in [-0.15, -0.1) is 0 Å². The normalized spacial score (nSPS) is 11.6. The minimum absolute atomic E-state index is 0.0902. The molecule has 0 fully saturated rings. The lowest BCUT2D eigenvalue weighted by Gasteiger charge is -2.07. The van der Waals surface area contributed by atoms with Crippen LogP contribution in [0.25, 0.3) is 11.0 Å². The number of hydrogen-bond acceptors (Lipinski definition) is 5. The average Bonchev–Trinajstić information content (AvgIpc) is 2.47. The van der Waals surface area contributed by atoms with Crippen LogP contribution in [0.1, 0.15) is 0 Å². The summed E-state index contributed by atoms with van der Waals surface area (Å²) in [5.74, 6) is -0.0902. The monoisotopic (exact) mass is 285 g/mol. The first-order chi connectivity index (χ1) is 9.59. The molecule has 20 heavy (non-hydrogen) atoms. The van der Waals surface area contributed by atoms with Crippen LogP contribution in [0.3, 0.4) is 0 Å². The molecule has 100 valence electrons. The van der Waals surface area contributed by atoms with Crippen LogP contribution < -0.4 is 5.73 Å². The van der Waals surface area contributed by atoms with Gasteiger partial charge in [-0.3, -0.25) is 0 Å². The molecule has 0 saturated carbocycles. The van der Waals surface area contributed by atoms with Crippen LogP contribution in [0, 0.1) is 0 Å². The highest BCUT2D eigenvalue weighted by atomic mass is 32.2. The van der Waals surface area contributed by atoms with Crippen molar-refractivity contribution >= 4 is 26.7 Å². The quantitative estimate of drug-likeness (QED) is 0.778. The Labute approximate surface area is 116 Å². The predicted octanol–water partition coefficient (Wildman–Crippen LogP) is 2.04. The number of benzene rings is 2. The Hall–Kier alpha value is -2.47. The summed E-state index contributed by atoms with van der Waals surface area (Å²) in [4.78, 5) is 8.40. The van der Waals surface area contributed by atoms with Gasteiger partial charge in [0.1, 0.15) is 0 Å². The Morgan fingerprint density at radius 1 is 0.800 bits per heavy atom. The number of aromatic nitrogens is 2. The molecule has 0 amide bonds. The van der Waals surface area contributed by atoms with Gasteiger partial charge < -0.3 is 5.73 Å². The Morgan fingerprint density at radius 2 is 1.35 bits per heavy atom. The van der Waals surface area contributed by atoms with Crippen molar-refractivity contribution in [1.29, 1.82) is 0 Å². The summed E-state index contributed by atoms with van der Waals surface area (Å²) in [6.07, 6.45) is 0. The van der Waals surface area contributed by atoms with E-state index in [2.05, 4.69) is 9.97 Å². The first kappa shape index (κ1) is 12.6. The fourth-order valence-electron chi connectivity index (χ4n) is 1.91. The smallest absolute Gasteiger partial charge is 0.227 e. The zero-order chi connectivity index (χ0) is 14.2. The van der Waals surface area contributed by atoms with Crippen molar-refractivity contribution in [1.82, 2.24) is 9.97 Å². The van der Waals surface area contributed by atoms with Crippen molar-refractivity contribution in [3.63, 3.8) is 0 Å². The molecule has 0 aliphatic heterocycles. The van der Waals surface area contributed by atoms with Gasteiger partial charge in [-0.2, -0.15) is 0 Å². The summed E-state index contributed by atoms with van der Waals surface area (Å²) < 4.78 is 25.0. The summed E-state index contributed by atoms with van der Waals surface area (Å²) in [6, 6.07) is 15.1. The van der Waals surface area contributed by atoms with Crippen molar-refractivity contribution < 1.29 is 8.42 Å². The van der Waals surface area contributed by atoms with Gasteiger partial charge in [0.15, 0.2) is 5.82 Å². The summed E-state index contributed by atoms with van der Waals surface area (Å²) in [6.45, 7) is 0. The van der Waals surface area contributed by atoms with Crippen molar-refractivity contribution in [2.24, 2.45) is 0 Å². The van der Waals surface area contributed by atoms with E-state index in [1.165, 1.54) is 12.1 Å². The molecule has 0 atom stereocenters. The molecule has 0 aliphatic rings. The molecule has 0 spiro atoms. The highest BCUT2D eigenvalue weighted by molar-refractivity contribution is 7.91. The maximum Gasteiger partial charge on any atom is 0.227 e. The van der Waals surface area contributed by atoms with Gasteiger partial charge in [-0.25, -0.2) is 18.4 Å². The third-order valence-electron chi connectivity index (χ3n) is 2.87. The molecular formula is C14H11N3O2S. The number of fused-ring (bicyclic) bond motifs is 1. The average molecular weight is 285 g/mol. The van der Waals surface area contributed by atoms with Crippen LogP contribution in [-0.2, 0) is 9.84 Å². The minimum Gasteiger partial charge on any atom is -0.381 e. The fourth-order valence-corrected chi connectivity index (χ4v) is 3.18. The molecule has 1 aromatic heterocycles. The summed E-state index contributed by atoms with van der Waals surface area (Å²) in [7, 11) is -3.76. The maximum absolute atomic E-state index is 12.5. The van der Waals surface area contributed by atoms with Crippen molar-refractivity contribution in [3.05, 3.63) is 54.6 Å². The molecule has 5 nitrogen and oxygen atoms in total. The zero-order valence-corrected chi connectivity index (χ0v) is 11.2. The topological polar surface area (TPSA) is 85.9 Å². The standard InChI is InChI=1S/C14H11N3O2S/c15-13-14(17-12-9-5-4-8-11(12)16-13)20(18,19)10-6-2-1-3-7-10/h1-9H,(H2,15,16). The molecule has 1 heterocycles. The van der Waals surface area contributed by atoms with Crippen molar-refractivity contribution in [3.8, 4) is 0 Å². The number of nitrogens with two attached hydrogens (primary N) is 1. The van der Waals surface area contributed by atoms with E-state index in [0.29, 0.717) is 11.0 Å². The van der Waals surface area contributed by atoms with Crippen LogP contribution in [0.4, 0.5) is 5.82 Å². The number of hydrogen-bond donors (Lipinski definition) is 1. The first-order valence-corrected chi connectivity index (χ1v) is 7.40. The number of sulfone groups is 1. The Bertz CT molecular complexity index is 877. The van der Waals surface area contributed by atoms with Gasteiger partial charge in [-0.1, -0.05) is 30.3 Å². The Morgan fingerprint density at radius 3 is 2.00 bits per heavy atom. The van der Waals surface area contributed by atoms with E-state index in [4.69, 9.17) is 5.73 Å². The summed E-state index contributed by atoms with van der Waals surface area (Å²) >= 11 is 0. The van der Waals surface area contributed by atoms with Crippen LogP contribution in [0.15, 0.2) is 64.5 Å². The van der Waals surface area contributed by atoms with Crippen LogP contribution >= 0.6 is 0 Å². The molecular weight excluding hydrogens is 274 g/mol. The molecule has 6 heteroatoms. The van der Waals surface area contributed by atoms with E-state index in [9.17, 15) is 8.42 Å². The van der Waals surface area contributed by atoms with Gasteiger partial charge in [0, 0.05) is 0 Å². The van der Waals surface area contributed by atoms with E-state index in [1.54, 1.807) is 42.5 Å². The van der Waals surface area contributed by atoms with Crippen molar-refractivity contribution in [2.45, 2.75) is 9.92 Å². The molecule has 3 aromatic rings. The van der Waals surface area contributed by atoms with E-state index < -0.39 is 9.84 Å². The second kappa shape index (κ2) is 4.57. The lowest BCUT2D eigenvalue weighted by molar-refractivity contribution is 0.593. The molecule has 3 rings (SSSR count). The third-order valence-corrected chi connectivity index (χ3v) is 4.57. The fraction of sp³-hybridized carbons (Fsp3) is 0. The van der Waals surface area contributed by atoms with Gasteiger partial charge in [0.2, 0.25) is 14.9 Å². The van der Waals surface area contributed by atoms with Gasteiger partial charge >= 0.3 is 0 Å². The highest BCUT2D eigenvalue weighted by Crippen LogP contribution is 2.24. The van der Waals surface area contributed by atoms with E-state index in [0.717, 1.165) is 0 Å². The maximum atomic E-state index is 12.5. The number of rotatable bonds is 2. The first-order valence-electron chi connectivity index (χ1n) is 5.91. The lowest BCUT2D eigenvalue weighted by atomic mass is 10.3. The Balaban J connectivity index is 2.27. The number of anilines is 1. The number of nitrogen functional groups attached to an aromatic ring is 1. The van der Waals surface area contributed by atoms with Gasteiger partial charge in [0.05, 0.1) is 15.9 Å². The van der Waals surface area contributed by atoms with E-state index in [-0.39, 0.29) is 15.7 Å². The van der Waals surface area contributed by atoms with E-state index in [1.807, 2.05) is 0 Å². The van der Waals surface area contributed by atoms with Crippen LogP contribution in [0.5, 0.6) is 0 Å². The molecule has 0 unspecified atom stereocenters. The second-order valence-corrected chi connectivity index (χ2v) is 6.08. The molecule has 0 aliphatic carbocycles. The van der Waals surface area contributed by atoms with E-state index >= 15 is 0 Å². The SMILES string of the molecule is Nc1nc2ccccc2nc1S(=O)(=O)c1ccccc1. The molecule has 2 aromatic carbocycles. The summed E-state index contributed by atoms with van der Waals surface area (Å²) in [5.41, 5.74) is 6.82. The zero-order valence-electron chi connectivity index (χ0n) is 10.4. The summed E-state index contributed by atoms with van der Waals surface area (Å²) in [5, 5.41) is -0.206. The van der Waals surface area contributed by atoms with Gasteiger partial charge in [0.25, 0.3) is 0 Å². The molecule has 0 radical (unpaired) electrons. The second-order valence-electron chi connectivity index (χ2n) is 4.22. The minimum atomic E-state index is -3.76. The van der Waals surface area contributed by atoms with Crippen LogP contribution in [0.2, 0.25) is 0 Å². The third kappa shape index (κ3) is 2.00. The van der Waals surface area contributed by atoms with Crippen LogP contribution in [-0.4, -0.2) is 18.4 Å². The Kier molecular flexibility index (Phi) is 2.87. The molecule has 0 bridgehead atoms. The highest BCUT2D eigenvalue weighted by Gasteiger charge is 2.23. The predicted molar refractivity (Wildman–Crippen MR) is 75.8 cm³/mol. The largest absolute Gasteiger partial charge is 0.381 e. The molecule has 0 saturated heterocycles. The number of para-hydroxylation sites is 2. The molecule has 2 N–H and O–H groups in total.